The molecular weight excluding hydrogens is 467 g/mol. The van der Waals surface area contributed by atoms with E-state index in [1.165, 1.54) is 5.56 Å². The first-order chi connectivity index (χ1) is 13.1. The number of methoxy groups -OCH3 is 2. The molecule has 2 aromatic rings. The zero-order valence-corrected chi connectivity index (χ0v) is 19.6. The van der Waals surface area contributed by atoms with Gasteiger partial charge in [0.25, 0.3) is 0 Å². The molecule has 0 saturated carbocycles. The van der Waals surface area contributed by atoms with Gasteiger partial charge in [-0.05, 0) is 31.8 Å². The minimum atomic E-state index is 0. The van der Waals surface area contributed by atoms with Crippen molar-refractivity contribution in [3.05, 3.63) is 59.7 Å². The molecule has 0 radical (unpaired) electrons. The van der Waals surface area contributed by atoms with Crippen molar-refractivity contribution in [1.82, 2.24) is 15.5 Å². The lowest BCUT2D eigenvalue weighted by Gasteiger charge is -2.26. The fraction of sp³-hybridized carbons (Fsp3) is 0.381. The average molecular weight is 498 g/mol. The van der Waals surface area contributed by atoms with Crippen LogP contribution in [0.2, 0.25) is 0 Å². The highest BCUT2D eigenvalue weighted by atomic mass is 127. The highest BCUT2D eigenvalue weighted by molar-refractivity contribution is 14.0. The molecular formula is C21H31IN4O2. The smallest absolute Gasteiger partial charge is 0.191 e. The summed E-state index contributed by atoms with van der Waals surface area (Å²) in [6.07, 6.45) is 0. The van der Waals surface area contributed by atoms with Crippen LogP contribution in [0.3, 0.4) is 0 Å². The number of rotatable bonds is 8. The van der Waals surface area contributed by atoms with Crippen LogP contribution < -0.4 is 20.1 Å². The van der Waals surface area contributed by atoms with Crippen LogP contribution in [-0.4, -0.2) is 52.8 Å². The van der Waals surface area contributed by atoms with Crippen molar-refractivity contribution in [1.29, 1.82) is 0 Å². The molecule has 0 aliphatic carbocycles. The van der Waals surface area contributed by atoms with Gasteiger partial charge in [-0.3, -0.25) is 4.99 Å². The molecule has 154 valence electrons. The molecule has 0 aromatic heterocycles. The Balaban J connectivity index is 0.00000392. The molecule has 1 unspecified atom stereocenters. The molecule has 2 rings (SSSR count). The first-order valence-corrected chi connectivity index (χ1v) is 8.95. The van der Waals surface area contributed by atoms with Crippen LogP contribution in [0.25, 0.3) is 0 Å². The van der Waals surface area contributed by atoms with Gasteiger partial charge in [0.1, 0.15) is 11.5 Å². The van der Waals surface area contributed by atoms with Crippen molar-refractivity contribution in [2.45, 2.75) is 12.6 Å². The molecule has 0 spiro atoms. The zero-order valence-electron chi connectivity index (χ0n) is 17.2. The maximum atomic E-state index is 5.45. The lowest BCUT2D eigenvalue weighted by atomic mass is 10.1. The van der Waals surface area contributed by atoms with Crippen molar-refractivity contribution in [2.75, 3.05) is 41.9 Å². The monoisotopic (exact) mass is 498 g/mol. The fourth-order valence-electron chi connectivity index (χ4n) is 2.86. The molecule has 0 amide bonds. The van der Waals surface area contributed by atoms with Crippen molar-refractivity contribution in [3.8, 4) is 11.5 Å². The summed E-state index contributed by atoms with van der Waals surface area (Å²) in [6.45, 7) is 1.35. The first kappa shape index (κ1) is 24.0. The third-order valence-corrected chi connectivity index (χ3v) is 4.43. The number of likely N-dealkylation sites (N-methyl/N-ethyl adjacent to an activating group) is 1. The summed E-state index contributed by atoms with van der Waals surface area (Å²) in [4.78, 5) is 6.52. The lowest BCUT2D eigenvalue weighted by Crippen LogP contribution is -2.41. The summed E-state index contributed by atoms with van der Waals surface area (Å²) < 4.78 is 10.7. The lowest BCUT2D eigenvalue weighted by molar-refractivity contribution is 0.298. The van der Waals surface area contributed by atoms with E-state index in [2.05, 4.69) is 58.9 Å². The van der Waals surface area contributed by atoms with E-state index < -0.39 is 0 Å². The van der Waals surface area contributed by atoms with Crippen LogP contribution in [0.5, 0.6) is 11.5 Å². The molecule has 0 aliphatic heterocycles. The third kappa shape index (κ3) is 6.87. The minimum Gasteiger partial charge on any atom is -0.497 e. The van der Waals surface area contributed by atoms with Gasteiger partial charge in [-0.25, -0.2) is 0 Å². The van der Waals surface area contributed by atoms with Gasteiger partial charge in [0, 0.05) is 31.8 Å². The van der Waals surface area contributed by atoms with Crippen molar-refractivity contribution >= 4 is 29.9 Å². The SMILES string of the molecule is CN=C(NCc1ccc(OC)cc1OC)NCC(c1ccccc1)N(C)C.I. The molecule has 1 atom stereocenters. The van der Waals surface area contributed by atoms with E-state index in [1.54, 1.807) is 21.3 Å². The second kappa shape index (κ2) is 12.5. The Morgan fingerprint density at radius 2 is 1.75 bits per heavy atom. The van der Waals surface area contributed by atoms with Crippen LogP contribution in [0, 0.1) is 0 Å². The number of nitrogens with one attached hydrogen (secondary N) is 2. The van der Waals surface area contributed by atoms with Gasteiger partial charge < -0.3 is 25.0 Å². The minimum absolute atomic E-state index is 0. The second-order valence-electron chi connectivity index (χ2n) is 6.37. The van der Waals surface area contributed by atoms with E-state index in [1.807, 2.05) is 24.3 Å². The maximum Gasteiger partial charge on any atom is 0.191 e. The van der Waals surface area contributed by atoms with Gasteiger partial charge in [-0.2, -0.15) is 0 Å². The predicted octanol–water partition coefficient (Wildman–Crippen LogP) is 3.29. The van der Waals surface area contributed by atoms with Crippen molar-refractivity contribution < 1.29 is 9.47 Å². The third-order valence-electron chi connectivity index (χ3n) is 4.43. The molecule has 28 heavy (non-hydrogen) atoms. The Morgan fingerprint density at radius 3 is 2.32 bits per heavy atom. The number of hydrogen-bond acceptors (Lipinski definition) is 4. The molecule has 0 heterocycles. The van der Waals surface area contributed by atoms with Gasteiger partial charge in [0.2, 0.25) is 0 Å². The number of nitrogens with zero attached hydrogens (tertiary/aromatic N) is 2. The van der Waals surface area contributed by atoms with Gasteiger partial charge in [0.05, 0.1) is 20.3 Å². The molecule has 0 bridgehead atoms. The molecule has 2 N–H and O–H groups in total. The Kier molecular flexibility index (Phi) is 10.7. The standard InChI is InChI=1S/C21H30N4O2.HI/c1-22-21(23-14-17-11-12-18(26-4)13-20(17)27-5)24-15-19(25(2)3)16-9-7-6-8-10-16;/h6-13,19H,14-15H2,1-5H3,(H2,22,23,24);1H. The van der Waals surface area contributed by atoms with Gasteiger partial charge in [0.15, 0.2) is 5.96 Å². The molecule has 6 nitrogen and oxygen atoms in total. The van der Waals surface area contributed by atoms with E-state index in [9.17, 15) is 0 Å². The number of aliphatic imine (C=N–C) groups is 1. The highest BCUT2D eigenvalue weighted by Crippen LogP contribution is 2.24. The quantitative estimate of drug-likeness (QED) is 0.333. The maximum absolute atomic E-state index is 5.45. The van der Waals surface area contributed by atoms with E-state index in [4.69, 9.17) is 9.47 Å². The summed E-state index contributed by atoms with van der Waals surface area (Å²) in [7, 11) is 9.24. The van der Waals surface area contributed by atoms with Gasteiger partial charge in [-0.15, -0.1) is 24.0 Å². The largest absolute Gasteiger partial charge is 0.497 e. The van der Waals surface area contributed by atoms with Gasteiger partial charge >= 0.3 is 0 Å². The average Bonchev–Trinajstić information content (AvgIpc) is 2.70. The van der Waals surface area contributed by atoms with Crippen molar-refractivity contribution in [2.24, 2.45) is 4.99 Å². The number of guanidine groups is 1. The van der Waals surface area contributed by atoms with Crippen LogP contribution in [0.4, 0.5) is 0 Å². The van der Waals surface area contributed by atoms with E-state index in [0.29, 0.717) is 6.54 Å². The highest BCUT2D eigenvalue weighted by Gasteiger charge is 2.14. The molecule has 0 fully saturated rings. The normalized spacial score (nSPS) is 12.1. The topological polar surface area (TPSA) is 58.1 Å². The number of hydrogen-bond donors (Lipinski definition) is 2. The van der Waals surface area contributed by atoms with E-state index in [-0.39, 0.29) is 30.0 Å². The Hall–Kier alpha value is -2.00. The van der Waals surface area contributed by atoms with E-state index in [0.717, 1.165) is 29.6 Å². The predicted molar refractivity (Wildman–Crippen MR) is 126 cm³/mol. The molecule has 0 saturated heterocycles. The Bertz CT molecular complexity index is 738. The number of halogens is 1. The van der Waals surface area contributed by atoms with Crippen molar-refractivity contribution in [3.63, 3.8) is 0 Å². The Labute approximate surface area is 185 Å². The van der Waals surface area contributed by atoms with Gasteiger partial charge in [-0.1, -0.05) is 30.3 Å². The fourth-order valence-corrected chi connectivity index (χ4v) is 2.86. The van der Waals surface area contributed by atoms with E-state index >= 15 is 0 Å². The van der Waals surface area contributed by atoms with Crippen LogP contribution in [0.15, 0.2) is 53.5 Å². The summed E-state index contributed by atoms with van der Waals surface area (Å²) in [5, 5.41) is 6.75. The molecule has 0 aliphatic rings. The summed E-state index contributed by atoms with van der Waals surface area (Å²) >= 11 is 0. The van der Waals surface area contributed by atoms with Crippen LogP contribution in [0.1, 0.15) is 17.2 Å². The van der Waals surface area contributed by atoms with Crippen LogP contribution in [-0.2, 0) is 6.54 Å². The second-order valence-corrected chi connectivity index (χ2v) is 6.37. The summed E-state index contributed by atoms with van der Waals surface area (Å²) in [5.41, 5.74) is 2.30. The number of benzene rings is 2. The van der Waals surface area contributed by atoms with Crippen LogP contribution >= 0.6 is 24.0 Å². The first-order valence-electron chi connectivity index (χ1n) is 8.95. The summed E-state index contributed by atoms with van der Waals surface area (Å²) in [5.74, 6) is 2.30. The molecule has 7 heteroatoms. The zero-order chi connectivity index (χ0) is 19.6. The molecule has 2 aromatic carbocycles. The summed E-state index contributed by atoms with van der Waals surface area (Å²) in [6, 6.07) is 16.5. The Morgan fingerprint density at radius 1 is 1.04 bits per heavy atom. The number of ether oxygens (including phenoxy) is 2.